The van der Waals surface area contributed by atoms with E-state index < -0.39 is 0 Å². The quantitative estimate of drug-likeness (QED) is 0.894. The van der Waals surface area contributed by atoms with E-state index in [1.54, 1.807) is 0 Å². The van der Waals surface area contributed by atoms with Crippen molar-refractivity contribution < 1.29 is 4.79 Å². The van der Waals surface area contributed by atoms with Crippen LogP contribution >= 0.6 is 0 Å². The Morgan fingerprint density at radius 2 is 1.57 bits per heavy atom. The molecule has 1 N–H and O–H groups in total. The zero-order valence-electron chi connectivity index (χ0n) is 12.8. The van der Waals surface area contributed by atoms with E-state index >= 15 is 0 Å². The first-order chi connectivity index (χ1) is 10.2. The summed E-state index contributed by atoms with van der Waals surface area (Å²) in [5.41, 5.74) is 1.20. The lowest BCUT2D eigenvalue weighted by molar-refractivity contribution is -0.138. The van der Waals surface area contributed by atoms with Crippen molar-refractivity contribution in [1.29, 1.82) is 0 Å². The fourth-order valence-electron chi connectivity index (χ4n) is 5.49. The molecule has 2 nitrogen and oxygen atoms in total. The molecule has 4 aliphatic rings. The van der Waals surface area contributed by atoms with E-state index in [4.69, 9.17) is 0 Å². The number of nitrogens with one attached hydrogen (secondary N) is 1. The molecule has 1 atom stereocenters. The highest BCUT2D eigenvalue weighted by molar-refractivity contribution is 5.80. The van der Waals surface area contributed by atoms with E-state index in [-0.39, 0.29) is 6.04 Å². The Hall–Kier alpha value is -1.31. The molecule has 0 aromatic heterocycles. The lowest BCUT2D eigenvalue weighted by Gasteiger charge is -2.53. The minimum atomic E-state index is 0.121. The molecule has 21 heavy (non-hydrogen) atoms. The molecule has 1 aromatic rings. The Bertz CT molecular complexity index is 496. The molecule has 4 bridgehead atoms. The zero-order chi connectivity index (χ0) is 14.4. The third-order valence-electron chi connectivity index (χ3n) is 6.19. The van der Waals surface area contributed by atoms with E-state index in [1.807, 2.05) is 18.2 Å². The van der Waals surface area contributed by atoms with Gasteiger partial charge in [-0.15, -0.1) is 0 Å². The highest BCUT2D eigenvalue weighted by atomic mass is 16.2. The van der Waals surface area contributed by atoms with Crippen molar-refractivity contribution in [3.63, 3.8) is 0 Å². The van der Waals surface area contributed by atoms with Crippen LogP contribution in [0.2, 0.25) is 0 Å². The summed E-state index contributed by atoms with van der Waals surface area (Å²) in [6.45, 7) is 2.10. The van der Waals surface area contributed by atoms with Gasteiger partial charge in [-0.25, -0.2) is 0 Å². The van der Waals surface area contributed by atoms with E-state index in [0.29, 0.717) is 23.7 Å². The summed E-state index contributed by atoms with van der Waals surface area (Å²) in [5, 5.41) is 3.29. The van der Waals surface area contributed by atoms with Gasteiger partial charge in [0.05, 0.1) is 6.04 Å². The molecule has 4 aliphatic carbocycles. The number of rotatable bonds is 3. The molecule has 2 heteroatoms. The standard InChI is InChI=1S/C19H25NO/c1-12(15-5-3-2-4-6-15)20-19(21)18-16-8-13-7-14(10-16)11-17(18)9-13/h2-6,12-14,16-18H,7-11H2,1H3,(H,20,21). The fourth-order valence-corrected chi connectivity index (χ4v) is 5.49. The fraction of sp³-hybridized carbons (Fsp3) is 0.632. The maximum absolute atomic E-state index is 12.8. The van der Waals surface area contributed by atoms with Gasteiger partial charge in [0.2, 0.25) is 5.91 Å². The second kappa shape index (κ2) is 5.15. The molecule has 0 radical (unpaired) electrons. The molecule has 4 fully saturated rings. The molecule has 5 rings (SSSR count). The molecule has 0 spiro atoms. The predicted octanol–water partition coefficient (Wildman–Crippen LogP) is 3.94. The van der Waals surface area contributed by atoms with Gasteiger partial charge >= 0.3 is 0 Å². The Kier molecular flexibility index (Phi) is 3.28. The lowest BCUT2D eigenvalue weighted by atomic mass is 9.51. The van der Waals surface area contributed by atoms with E-state index in [2.05, 4.69) is 24.4 Å². The molecule has 112 valence electrons. The van der Waals surface area contributed by atoms with Gasteiger partial charge in [-0.2, -0.15) is 0 Å². The van der Waals surface area contributed by atoms with Gasteiger partial charge in [0, 0.05) is 5.92 Å². The third-order valence-corrected chi connectivity index (χ3v) is 6.19. The Balaban J connectivity index is 1.46. The van der Waals surface area contributed by atoms with Crippen molar-refractivity contribution in [2.75, 3.05) is 0 Å². The largest absolute Gasteiger partial charge is 0.349 e. The maximum atomic E-state index is 12.8. The van der Waals surface area contributed by atoms with Crippen molar-refractivity contribution in [3.8, 4) is 0 Å². The Labute approximate surface area is 127 Å². The summed E-state index contributed by atoms with van der Waals surface area (Å²) in [7, 11) is 0. The highest BCUT2D eigenvalue weighted by Gasteiger charge is 2.50. The number of hydrogen-bond donors (Lipinski definition) is 1. The zero-order valence-corrected chi connectivity index (χ0v) is 12.8. The Morgan fingerprint density at radius 3 is 2.14 bits per heavy atom. The van der Waals surface area contributed by atoms with Gasteiger partial charge in [-0.05, 0) is 68.3 Å². The van der Waals surface area contributed by atoms with Crippen LogP contribution in [-0.2, 0) is 4.79 Å². The van der Waals surface area contributed by atoms with Gasteiger partial charge in [0.1, 0.15) is 0 Å². The van der Waals surface area contributed by atoms with Crippen LogP contribution in [0.1, 0.15) is 50.6 Å². The average Bonchev–Trinajstić information content (AvgIpc) is 2.47. The maximum Gasteiger partial charge on any atom is 0.224 e. The first-order valence-corrected chi connectivity index (χ1v) is 8.56. The third kappa shape index (κ3) is 2.39. The molecule has 0 aliphatic heterocycles. The van der Waals surface area contributed by atoms with E-state index in [0.717, 1.165) is 11.8 Å². The molecule has 1 amide bonds. The van der Waals surface area contributed by atoms with Gasteiger partial charge in [0.25, 0.3) is 0 Å². The van der Waals surface area contributed by atoms with E-state index in [1.165, 1.54) is 37.7 Å². The van der Waals surface area contributed by atoms with Crippen LogP contribution in [0.4, 0.5) is 0 Å². The van der Waals surface area contributed by atoms with E-state index in [9.17, 15) is 4.79 Å². The molecule has 4 saturated carbocycles. The summed E-state index contributed by atoms with van der Waals surface area (Å²) in [6.07, 6.45) is 6.69. The monoisotopic (exact) mass is 283 g/mol. The minimum absolute atomic E-state index is 0.121. The molecule has 0 heterocycles. The molecule has 1 unspecified atom stereocenters. The number of benzene rings is 1. The van der Waals surface area contributed by atoms with Crippen LogP contribution in [0.5, 0.6) is 0 Å². The number of carbonyl (C=O) groups excluding carboxylic acids is 1. The normalized spacial score (nSPS) is 38.2. The first kappa shape index (κ1) is 13.4. The lowest BCUT2D eigenvalue weighted by Crippen LogP contribution is -2.51. The van der Waals surface area contributed by atoms with Crippen molar-refractivity contribution in [1.82, 2.24) is 5.32 Å². The summed E-state index contributed by atoms with van der Waals surface area (Å²) in [6, 6.07) is 10.4. The number of carbonyl (C=O) groups is 1. The number of amides is 1. The molecular formula is C19H25NO. The van der Waals surface area contributed by atoms with Gasteiger partial charge < -0.3 is 5.32 Å². The first-order valence-electron chi connectivity index (χ1n) is 8.56. The molecule has 0 saturated heterocycles. The van der Waals surface area contributed by atoms with Gasteiger partial charge in [0.15, 0.2) is 0 Å². The van der Waals surface area contributed by atoms with Crippen LogP contribution in [0.15, 0.2) is 30.3 Å². The summed E-state index contributed by atoms with van der Waals surface area (Å²) in [5.74, 6) is 3.82. The predicted molar refractivity (Wildman–Crippen MR) is 83.5 cm³/mol. The molecular weight excluding hydrogens is 258 g/mol. The second-order valence-corrected chi connectivity index (χ2v) is 7.60. The number of hydrogen-bond acceptors (Lipinski definition) is 1. The second-order valence-electron chi connectivity index (χ2n) is 7.60. The van der Waals surface area contributed by atoms with Crippen LogP contribution in [0.3, 0.4) is 0 Å². The highest BCUT2D eigenvalue weighted by Crippen LogP contribution is 2.56. The van der Waals surface area contributed by atoms with Crippen LogP contribution in [0.25, 0.3) is 0 Å². The summed E-state index contributed by atoms with van der Waals surface area (Å²) < 4.78 is 0. The van der Waals surface area contributed by atoms with Crippen LogP contribution < -0.4 is 5.32 Å². The van der Waals surface area contributed by atoms with Crippen LogP contribution in [0, 0.1) is 29.6 Å². The van der Waals surface area contributed by atoms with Crippen molar-refractivity contribution in [2.45, 2.75) is 45.1 Å². The van der Waals surface area contributed by atoms with Gasteiger partial charge in [-0.1, -0.05) is 30.3 Å². The summed E-state index contributed by atoms with van der Waals surface area (Å²) in [4.78, 5) is 12.8. The van der Waals surface area contributed by atoms with Crippen molar-refractivity contribution in [2.24, 2.45) is 29.6 Å². The Morgan fingerprint density at radius 1 is 1.00 bits per heavy atom. The summed E-state index contributed by atoms with van der Waals surface area (Å²) >= 11 is 0. The molecule has 1 aromatic carbocycles. The van der Waals surface area contributed by atoms with Crippen molar-refractivity contribution in [3.05, 3.63) is 35.9 Å². The smallest absolute Gasteiger partial charge is 0.224 e. The topological polar surface area (TPSA) is 29.1 Å². The van der Waals surface area contributed by atoms with Gasteiger partial charge in [-0.3, -0.25) is 4.79 Å². The SMILES string of the molecule is CC(NC(=O)C1C2CC3CC(C2)CC1C3)c1ccccc1. The van der Waals surface area contributed by atoms with Crippen LogP contribution in [-0.4, -0.2) is 5.91 Å². The van der Waals surface area contributed by atoms with Crippen molar-refractivity contribution >= 4 is 5.91 Å². The average molecular weight is 283 g/mol. The minimum Gasteiger partial charge on any atom is -0.349 e.